The van der Waals surface area contributed by atoms with Gasteiger partial charge >= 0.3 is 5.97 Å². The lowest BCUT2D eigenvalue weighted by Gasteiger charge is -2.26. The topological polar surface area (TPSA) is 88.9 Å². The van der Waals surface area contributed by atoms with E-state index in [1.807, 2.05) is 13.8 Å². The van der Waals surface area contributed by atoms with Crippen molar-refractivity contribution < 1.29 is 23.8 Å². The van der Waals surface area contributed by atoms with Gasteiger partial charge in [0.25, 0.3) is 0 Å². The van der Waals surface area contributed by atoms with Gasteiger partial charge in [0.15, 0.2) is 10.3 Å². The Morgan fingerprint density at radius 1 is 1.10 bits per heavy atom. The molecule has 0 radical (unpaired) electrons. The summed E-state index contributed by atoms with van der Waals surface area (Å²) in [5, 5.41) is 8.81. The highest BCUT2D eigenvalue weighted by atomic mass is 35.5. The Balaban J connectivity index is 3.05. The molecule has 1 aromatic carbocycles. The molecule has 0 saturated carbocycles. The molecule has 9 heteroatoms. The van der Waals surface area contributed by atoms with Gasteiger partial charge in [-0.15, -0.1) is 0 Å². The molecule has 0 bridgehead atoms. The summed E-state index contributed by atoms with van der Waals surface area (Å²) in [5.74, 6) is 0.638. The molecule has 0 unspecified atom stereocenters. The first-order valence-corrected chi connectivity index (χ1v) is 10.7. The summed E-state index contributed by atoms with van der Waals surface area (Å²) in [6.45, 7) is 4.40. The number of hydrogen-bond donors (Lipinski definition) is 1. The van der Waals surface area contributed by atoms with Crippen LogP contribution in [0.15, 0.2) is 12.1 Å². The molecule has 0 fully saturated rings. The number of nitrogens with zero attached hydrogens (tertiary/aromatic N) is 1. The summed E-state index contributed by atoms with van der Waals surface area (Å²) in [7, 11) is 3.01. The fraction of sp³-hybridized carbons (Fsp3) is 0.550. The van der Waals surface area contributed by atoms with Gasteiger partial charge < -0.3 is 19.1 Å². The zero-order valence-electron chi connectivity index (χ0n) is 17.4. The Labute approximate surface area is 181 Å². The molecule has 0 aliphatic heterocycles. The van der Waals surface area contributed by atoms with E-state index in [-0.39, 0.29) is 22.9 Å². The Morgan fingerprint density at radius 3 is 2.34 bits per heavy atom. The quantitative estimate of drug-likeness (QED) is 0.225. The number of anilines is 1. The third kappa shape index (κ3) is 8.14. The van der Waals surface area contributed by atoms with Crippen molar-refractivity contribution in [1.82, 2.24) is 0 Å². The molecule has 29 heavy (non-hydrogen) atoms. The summed E-state index contributed by atoms with van der Waals surface area (Å²) >= 11 is 7.06. The van der Waals surface area contributed by atoms with Crippen LogP contribution < -0.4 is 14.4 Å². The summed E-state index contributed by atoms with van der Waals surface area (Å²) in [6.07, 6.45) is 2.69. The maximum absolute atomic E-state index is 12.1. The summed E-state index contributed by atoms with van der Waals surface area (Å²) in [5.41, 5.74) is 0.551. The van der Waals surface area contributed by atoms with Crippen molar-refractivity contribution in [3.8, 4) is 11.5 Å². The average molecular weight is 445 g/mol. The van der Waals surface area contributed by atoms with Gasteiger partial charge in [0.1, 0.15) is 11.5 Å². The Bertz CT molecular complexity index is 714. The Hall–Kier alpha value is -1.93. The van der Waals surface area contributed by atoms with E-state index in [1.165, 1.54) is 14.2 Å². The number of nitrogens with one attached hydrogen (secondary N) is 1. The number of rotatable bonds is 11. The largest absolute Gasteiger partial charge is 0.495 e. The lowest BCUT2D eigenvalue weighted by atomic mass is 10.2. The smallest absolute Gasteiger partial charge is 0.305 e. The van der Waals surface area contributed by atoms with Crippen LogP contribution in [0.3, 0.4) is 0 Å². The van der Waals surface area contributed by atoms with Crippen molar-refractivity contribution in [2.24, 2.45) is 0 Å². The van der Waals surface area contributed by atoms with Gasteiger partial charge in [0, 0.05) is 31.5 Å². The standard InChI is InChI=1S/C20H29ClN2O5S/c1-5-8-18(24)28-11-7-10-23(20(22)29-19(25)9-6-2)15-13-16(26-3)14(21)12-17(15)27-4/h12-13,22H,5-11H2,1-4H3. The molecule has 1 aromatic rings. The molecule has 1 rings (SSSR count). The number of methoxy groups -OCH3 is 2. The number of hydrogen-bond acceptors (Lipinski definition) is 7. The van der Waals surface area contributed by atoms with Crippen molar-refractivity contribution >= 4 is 45.3 Å². The SMILES string of the molecule is CCCC(=O)OCCCN(C(=N)SC(=O)CCC)c1cc(OC)c(Cl)cc1OC. The number of carbonyl (C=O) groups is 2. The zero-order valence-corrected chi connectivity index (χ0v) is 19.0. The van der Waals surface area contributed by atoms with E-state index in [0.717, 1.165) is 18.2 Å². The molecule has 162 valence electrons. The molecule has 0 aliphatic rings. The van der Waals surface area contributed by atoms with Gasteiger partial charge in [0.2, 0.25) is 0 Å². The predicted molar refractivity (Wildman–Crippen MR) is 118 cm³/mol. The minimum atomic E-state index is -0.243. The first kappa shape index (κ1) is 25.1. The molecule has 0 atom stereocenters. The van der Waals surface area contributed by atoms with Gasteiger partial charge in [-0.25, -0.2) is 0 Å². The third-order valence-electron chi connectivity index (χ3n) is 3.90. The molecular formula is C20H29ClN2O5S. The molecule has 0 aliphatic carbocycles. The monoisotopic (exact) mass is 444 g/mol. The molecule has 0 saturated heterocycles. The molecular weight excluding hydrogens is 416 g/mol. The fourth-order valence-corrected chi connectivity index (χ4v) is 3.54. The number of carbonyl (C=O) groups excluding carboxylic acids is 2. The lowest BCUT2D eigenvalue weighted by molar-refractivity contribution is -0.143. The number of ether oxygens (including phenoxy) is 3. The van der Waals surface area contributed by atoms with E-state index < -0.39 is 0 Å². The van der Waals surface area contributed by atoms with Crippen LogP contribution in [0.1, 0.15) is 46.0 Å². The van der Waals surface area contributed by atoms with Crippen molar-refractivity contribution in [1.29, 1.82) is 5.41 Å². The molecule has 1 N–H and O–H groups in total. The van der Waals surface area contributed by atoms with Crippen molar-refractivity contribution in [3.05, 3.63) is 17.2 Å². The second-order valence-corrected chi connectivity index (χ2v) is 7.62. The van der Waals surface area contributed by atoms with Crippen LogP contribution in [0, 0.1) is 5.41 Å². The number of halogens is 1. The zero-order chi connectivity index (χ0) is 21.8. The van der Waals surface area contributed by atoms with Crippen LogP contribution in [0.25, 0.3) is 0 Å². The molecule has 7 nitrogen and oxygen atoms in total. The maximum atomic E-state index is 12.1. The summed E-state index contributed by atoms with van der Waals surface area (Å²) < 4.78 is 15.9. The highest BCUT2D eigenvalue weighted by Gasteiger charge is 2.22. The summed E-state index contributed by atoms with van der Waals surface area (Å²) in [6, 6.07) is 3.28. The Morgan fingerprint density at radius 2 is 1.76 bits per heavy atom. The van der Waals surface area contributed by atoms with Crippen LogP contribution in [0.2, 0.25) is 5.02 Å². The van der Waals surface area contributed by atoms with Gasteiger partial charge in [-0.05, 0) is 31.0 Å². The molecule has 0 amide bonds. The summed E-state index contributed by atoms with van der Waals surface area (Å²) in [4.78, 5) is 25.3. The van der Waals surface area contributed by atoms with Crippen molar-refractivity contribution in [2.45, 2.75) is 46.0 Å². The van der Waals surface area contributed by atoms with E-state index in [2.05, 4.69) is 0 Å². The van der Waals surface area contributed by atoms with E-state index in [9.17, 15) is 9.59 Å². The average Bonchev–Trinajstić information content (AvgIpc) is 2.68. The van der Waals surface area contributed by atoms with Crippen molar-refractivity contribution in [3.63, 3.8) is 0 Å². The molecule has 0 aromatic heterocycles. The second-order valence-electron chi connectivity index (χ2n) is 6.16. The highest BCUT2D eigenvalue weighted by molar-refractivity contribution is 8.26. The number of amidine groups is 1. The van der Waals surface area contributed by atoms with Crippen LogP contribution in [0.4, 0.5) is 5.69 Å². The minimum absolute atomic E-state index is 0.0611. The van der Waals surface area contributed by atoms with Gasteiger partial charge in [-0.1, -0.05) is 25.4 Å². The Kier molecular flexibility index (Phi) is 11.5. The normalized spacial score (nSPS) is 10.4. The van der Waals surface area contributed by atoms with Gasteiger partial charge in [-0.3, -0.25) is 15.0 Å². The third-order valence-corrected chi connectivity index (χ3v) is 5.04. The van der Waals surface area contributed by atoms with Gasteiger partial charge in [-0.2, -0.15) is 0 Å². The van der Waals surface area contributed by atoms with Crippen LogP contribution in [0.5, 0.6) is 11.5 Å². The first-order valence-electron chi connectivity index (χ1n) is 9.51. The van der Waals surface area contributed by atoms with Crippen molar-refractivity contribution in [2.75, 3.05) is 32.3 Å². The maximum Gasteiger partial charge on any atom is 0.305 e. The van der Waals surface area contributed by atoms with E-state index in [4.69, 9.17) is 31.2 Å². The van der Waals surface area contributed by atoms with E-state index in [0.29, 0.717) is 54.4 Å². The molecule has 0 heterocycles. The number of esters is 1. The van der Waals surface area contributed by atoms with Crippen LogP contribution in [-0.4, -0.2) is 43.6 Å². The lowest BCUT2D eigenvalue weighted by Crippen LogP contribution is -2.31. The second kappa shape index (κ2) is 13.3. The van der Waals surface area contributed by atoms with Crippen LogP contribution in [-0.2, 0) is 14.3 Å². The van der Waals surface area contributed by atoms with Crippen LogP contribution >= 0.6 is 23.4 Å². The number of thioether (sulfide) groups is 1. The highest BCUT2D eigenvalue weighted by Crippen LogP contribution is 2.39. The fourth-order valence-electron chi connectivity index (χ4n) is 2.49. The number of benzene rings is 1. The predicted octanol–water partition coefficient (Wildman–Crippen LogP) is 4.89. The van der Waals surface area contributed by atoms with E-state index in [1.54, 1.807) is 17.0 Å². The minimum Gasteiger partial charge on any atom is -0.495 e. The van der Waals surface area contributed by atoms with Gasteiger partial charge in [0.05, 0.1) is 31.5 Å². The molecule has 0 spiro atoms. The van der Waals surface area contributed by atoms with E-state index >= 15 is 0 Å². The first-order chi connectivity index (χ1) is 13.9.